The lowest BCUT2D eigenvalue weighted by Gasteiger charge is -2.31. The second-order valence-electron chi connectivity index (χ2n) is 6.66. The zero-order valence-electron chi connectivity index (χ0n) is 15.5. The van der Waals surface area contributed by atoms with Crippen molar-refractivity contribution in [2.75, 3.05) is 13.2 Å². The molecule has 0 heterocycles. The third kappa shape index (κ3) is 5.67. The summed E-state index contributed by atoms with van der Waals surface area (Å²) in [4.78, 5) is 0. The Labute approximate surface area is 153 Å². The smallest absolute Gasteiger partial charge is 0.388 e. The highest BCUT2D eigenvalue weighted by Crippen LogP contribution is 2.13. The lowest BCUT2D eigenvalue weighted by Crippen LogP contribution is -2.63. The predicted octanol–water partition coefficient (Wildman–Crippen LogP) is 4.29. The lowest BCUT2D eigenvalue weighted by atomic mass is 10.1. The van der Waals surface area contributed by atoms with Crippen molar-refractivity contribution in [1.29, 1.82) is 0 Å². The van der Waals surface area contributed by atoms with Gasteiger partial charge in [0.25, 0.3) is 0 Å². The Hall–Kier alpha value is -1.68. The quantitative estimate of drug-likeness (QED) is 0.340. The van der Waals surface area contributed by atoms with Gasteiger partial charge >= 0.3 is 8.56 Å². The maximum absolute atomic E-state index is 6.58. The third-order valence-electron chi connectivity index (χ3n) is 4.17. The first-order valence-electron chi connectivity index (χ1n) is 9.19. The molecule has 3 heteroatoms. The molecule has 134 valence electrons. The van der Waals surface area contributed by atoms with Crippen LogP contribution in [-0.2, 0) is 8.85 Å². The molecule has 0 aliphatic heterocycles. The maximum atomic E-state index is 6.58. The Bertz CT molecular complexity index is 571. The Balaban J connectivity index is 2.32. The standard InChI is InChI=1S/C22H30O2Si/c1-4-5-18-23-25(21-14-8-6-9-15-21,22-16-10-7-11-17-22)24-19-12-13-20(2)3/h4,6-11,14-17,20H,1,5,12-13,18-19H2,2-3H3. The van der Waals surface area contributed by atoms with E-state index in [0.29, 0.717) is 12.5 Å². The van der Waals surface area contributed by atoms with Crippen LogP contribution in [0.4, 0.5) is 0 Å². The van der Waals surface area contributed by atoms with Crippen LogP contribution in [0.5, 0.6) is 0 Å². The fourth-order valence-corrected chi connectivity index (χ4v) is 6.03. The van der Waals surface area contributed by atoms with Gasteiger partial charge in [-0.15, -0.1) is 6.58 Å². The Morgan fingerprint density at radius 3 is 1.88 bits per heavy atom. The van der Waals surface area contributed by atoms with Crippen molar-refractivity contribution < 1.29 is 8.85 Å². The zero-order valence-corrected chi connectivity index (χ0v) is 16.5. The molecule has 2 rings (SSSR count). The summed E-state index contributed by atoms with van der Waals surface area (Å²) >= 11 is 0. The molecule has 0 unspecified atom stereocenters. The average Bonchev–Trinajstić information content (AvgIpc) is 2.65. The van der Waals surface area contributed by atoms with Gasteiger partial charge in [-0.3, -0.25) is 0 Å². The number of hydrogen-bond donors (Lipinski definition) is 0. The van der Waals surface area contributed by atoms with Crippen molar-refractivity contribution in [1.82, 2.24) is 0 Å². The van der Waals surface area contributed by atoms with E-state index in [1.54, 1.807) is 0 Å². The van der Waals surface area contributed by atoms with Crippen molar-refractivity contribution in [3.63, 3.8) is 0 Å². The number of benzene rings is 2. The summed E-state index contributed by atoms with van der Waals surface area (Å²) in [5.41, 5.74) is 0. The molecule has 0 N–H and O–H groups in total. The van der Waals surface area contributed by atoms with Crippen LogP contribution in [0.1, 0.15) is 33.1 Å². The van der Waals surface area contributed by atoms with Gasteiger partial charge in [0.15, 0.2) is 0 Å². The van der Waals surface area contributed by atoms with E-state index < -0.39 is 8.56 Å². The number of hydrogen-bond acceptors (Lipinski definition) is 2. The molecule has 0 aromatic heterocycles. The number of rotatable bonds is 11. The van der Waals surface area contributed by atoms with E-state index in [-0.39, 0.29) is 0 Å². The van der Waals surface area contributed by atoms with Gasteiger partial charge in [-0.05, 0) is 35.6 Å². The van der Waals surface area contributed by atoms with Gasteiger partial charge in [-0.25, -0.2) is 0 Å². The fourth-order valence-electron chi connectivity index (χ4n) is 2.85. The molecule has 0 spiro atoms. The zero-order chi connectivity index (χ0) is 18.0. The molecule has 0 bridgehead atoms. The van der Waals surface area contributed by atoms with Crippen LogP contribution in [0.15, 0.2) is 73.3 Å². The van der Waals surface area contributed by atoms with Gasteiger partial charge in [-0.2, -0.15) is 0 Å². The SMILES string of the molecule is C=CCCO[Si](OCCCC(C)C)(c1ccccc1)c1ccccc1. The summed E-state index contributed by atoms with van der Waals surface area (Å²) < 4.78 is 13.1. The van der Waals surface area contributed by atoms with E-state index in [1.165, 1.54) is 6.42 Å². The lowest BCUT2D eigenvalue weighted by molar-refractivity contribution is 0.188. The van der Waals surface area contributed by atoms with Gasteiger partial charge in [0.2, 0.25) is 0 Å². The molecule has 0 radical (unpaired) electrons. The molecule has 2 aromatic carbocycles. The molecule has 0 aliphatic carbocycles. The summed E-state index contributed by atoms with van der Waals surface area (Å²) in [6.45, 7) is 9.67. The van der Waals surface area contributed by atoms with Crippen LogP contribution in [0.2, 0.25) is 0 Å². The van der Waals surface area contributed by atoms with E-state index in [4.69, 9.17) is 8.85 Å². The van der Waals surface area contributed by atoms with E-state index in [1.807, 2.05) is 18.2 Å². The summed E-state index contributed by atoms with van der Waals surface area (Å²) in [5.74, 6) is 0.690. The first-order chi connectivity index (χ1) is 12.2. The van der Waals surface area contributed by atoms with Crippen LogP contribution < -0.4 is 10.4 Å². The van der Waals surface area contributed by atoms with Crippen molar-refractivity contribution in [2.45, 2.75) is 33.1 Å². The van der Waals surface area contributed by atoms with E-state index in [9.17, 15) is 0 Å². The van der Waals surface area contributed by atoms with Gasteiger partial charge in [-0.1, -0.05) is 80.6 Å². The second kappa shape index (κ2) is 10.3. The minimum absolute atomic E-state index is 0.629. The third-order valence-corrected chi connectivity index (χ3v) is 7.57. The molecule has 0 saturated heterocycles. The highest BCUT2D eigenvalue weighted by molar-refractivity contribution is 6.92. The largest absolute Gasteiger partial charge is 0.407 e. The molecule has 2 aromatic rings. The summed E-state index contributed by atoms with van der Waals surface area (Å²) in [6, 6.07) is 20.9. The predicted molar refractivity (Wildman–Crippen MR) is 109 cm³/mol. The molecule has 25 heavy (non-hydrogen) atoms. The fraction of sp³-hybridized carbons (Fsp3) is 0.364. The molecule has 2 nitrogen and oxygen atoms in total. The first kappa shape index (κ1) is 19.6. The molecular weight excluding hydrogens is 324 g/mol. The van der Waals surface area contributed by atoms with Gasteiger partial charge in [0.05, 0.1) is 0 Å². The van der Waals surface area contributed by atoms with Crippen LogP contribution in [0, 0.1) is 5.92 Å². The Morgan fingerprint density at radius 1 is 0.880 bits per heavy atom. The molecule has 0 aliphatic rings. The van der Waals surface area contributed by atoms with Gasteiger partial charge < -0.3 is 8.85 Å². The van der Waals surface area contributed by atoms with E-state index in [0.717, 1.165) is 29.8 Å². The van der Waals surface area contributed by atoms with E-state index in [2.05, 4.69) is 69.0 Å². The van der Waals surface area contributed by atoms with Crippen molar-refractivity contribution in [2.24, 2.45) is 5.92 Å². The summed E-state index contributed by atoms with van der Waals surface area (Å²) in [6.07, 6.45) is 4.94. The highest BCUT2D eigenvalue weighted by atomic mass is 28.4. The summed E-state index contributed by atoms with van der Waals surface area (Å²) in [5, 5.41) is 2.32. The molecule has 0 saturated carbocycles. The average molecular weight is 355 g/mol. The molecular formula is C22H30O2Si. The van der Waals surface area contributed by atoms with Crippen molar-refractivity contribution >= 4 is 18.9 Å². The molecule has 0 fully saturated rings. The van der Waals surface area contributed by atoms with Gasteiger partial charge in [0.1, 0.15) is 0 Å². The van der Waals surface area contributed by atoms with Crippen LogP contribution in [0.3, 0.4) is 0 Å². The van der Waals surface area contributed by atoms with Crippen molar-refractivity contribution in [3.05, 3.63) is 73.3 Å². The minimum atomic E-state index is -2.70. The van der Waals surface area contributed by atoms with E-state index >= 15 is 0 Å². The minimum Gasteiger partial charge on any atom is -0.388 e. The van der Waals surface area contributed by atoms with Gasteiger partial charge in [0, 0.05) is 13.2 Å². The normalized spacial score (nSPS) is 11.6. The Morgan fingerprint density at radius 2 is 1.40 bits per heavy atom. The first-order valence-corrected chi connectivity index (χ1v) is 11.0. The molecule has 0 atom stereocenters. The van der Waals surface area contributed by atoms with Crippen molar-refractivity contribution in [3.8, 4) is 0 Å². The topological polar surface area (TPSA) is 18.5 Å². The molecule has 0 amide bonds. The van der Waals surface area contributed by atoms with Crippen LogP contribution in [-0.4, -0.2) is 21.8 Å². The summed E-state index contributed by atoms with van der Waals surface area (Å²) in [7, 11) is -2.70. The Kier molecular flexibility index (Phi) is 8.12. The maximum Gasteiger partial charge on any atom is 0.407 e. The van der Waals surface area contributed by atoms with Crippen LogP contribution in [0.25, 0.3) is 0 Å². The highest BCUT2D eigenvalue weighted by Gasteiger charge is 2.42. The monoisotopic (exact) mass is 354 g/mol. The second-order valence-corrected chi connectivity index (χ2v) is 9.62. The van der Waals surface area contributed by atoms with Crippen LogP contribution >= 0.6 is 0 Å².